The van der Waals surface area contributed by atoms with Crippen molar-refractivity contribution >= 4 is 11.7 Å². The van der Waals surface area contributed by atoms with Crippen molar-refractivity contribution in [3.8, 4) is 0 Å². The number of nitrogens with one attached hydrogen (secondary N) is 2. The van der Waals surface area contributed by atoms with Crippen molar-refractivity contribution in [3.63, 3.8) is 0 Å². The number of carbonyl (C=O) groups is 1. The number of nitrogens with two attached hydrogens (primary N) is 1. The number of aromatic nitrogens is 2. The minimum absolute atomic E-state index is 0.249. The Morgan fingerprint density at radius 1 is 1.47 bits per heavy atom. The molecule has 6 heteroatoms. The van der Waals surface area contributed by atoms with Crippen molar-refractivity contribution in [1.82, 2.24) is 15.5 Å². The van der Waals surface area contributed by atoms with E-state index in [0.29, 0.717) is 11.1 Å². The highest BCUT2D eigenvalue weighted by atomic mass is 19.1. The number of aryl methyl sites for hydroxylation is 1. The van der Waals surface area contributed by atoms with Gasteiger partial charge < -0.3 is 11.1 Å². The van der Waals surface area contributed by atoms with Crippen molar-refractivity contribution in [3.05, 3.63) is 46.9 Å². The number of hydrogen-bond donors (Lipinski definition) is 3. The summed E-state index contributed by atoms with van der Waals surface area (Å²) < 4.78 is 13.5. The number of H-pyrrole nitrogens is 1. The Morgan fingerprint density at radius 2 is 2.21 bits per heavy atom. The second-order valence-electron chi connectivity index (χ2n) is 4.41. The van der Waals surface area contributed by atoms with Gasteiger partial charge in [0.15, 0.2) is 0 Å². The highest BCUT2D eigenvalue weighted by molar-refractivity contribution is 5.93. The molecule has 0 radical (unpaired) electrons. The van der Waals surface area contributed by atoms with Crippen LogP contribution in [0.25, 0.3) is 0 Å². The third-order valence-electron chi connectivity index (χ3n) is 2.89. The molecule has 1 aromatic heterocycles. The Morgan fingerprint density at radius 3 is 2.79 bits per heavy atom. The smallest absolute Gasteiger partial charge is 0.269 e. The number of aromatic amines is 1. The van der Waals surface area contributed by atoms with E-state index in [1.165, 1.54) is 12.1 Å². The van der Waals surface area contributed by atoms with Gasteiger partial charge >= 0.3 is 0 Å². The summed E-state index contributed by atoms with van der Waals surface area (Å²) in [6.07, 6.45) is 0. The average Bonchev–Trinajstić information content (AvgIpc) is 2.79. The summed E-state index contributed by atoms with van der Waals surface area (Å²) in [5.74, 6) is -0.374. The molecule has 1 unspecified atom stereocenters. The van der Waals surface area contributed by atoms with Gasteiger partial charge in [-0.1, -0.05) is 12.1 Å². The molecule has 0 aliphatic carbocycles. The van der Waals surface area contributed by atoms with Crippen LogP contribution in [0.4, 0.5) is 10.2 Å². The molecule has 19 heavy (non-hydrogen) atoms. The summed E-state index contributed by atoms with van der Waals surface area (Å²) in [6, 6.07) is 6.01. The standard InChI is InChI=1S/C13H15FN4O/c1-7-3-4-9(5-10(7)14)8(2)16-13(19)11-6-12(15)18-17-11/h3-6,8H,1-2H3,(H,16,19)(H3,15,17,18). The Hall–Kier alpha value is -2.37. The quantitative estimate of drug-likeness (QED) is 0.790. The molecule has 1 amide bonds. The zero-order valence-electron chi connectivity index (χ0n) is 10.7. The molecule has 0 saturated heterocycles. The lowest BCUT2D eigenvalue weighted by atomic mass is 10.1. The van der Waals surface area contributed by atoms with E-state index in [-0.39, 0.29) is 29.3 Å². The third kappa shape index (κ3) is 2.90. The van der Waals surface area contributed by atoms with Gasteiger partial charge in [0.25, 0.3) is 5.91 Å². The number of rotatable bonds is 3. The van der Waals surface area contributed by atoms with Crippen LogP contribution in [0, 0.1) is 12.7 Å². The normalized spacial score (nSPS) is 12.2. The molecule has 0 aliphatic heterocycles. The molecule has 0 fully saturated rings. The maximum absolute atomic E-state index is 13.5. The van der Waals surface area contributed by atoms with Crippen molar-refractivity contribution in [2.45, 2.75) is 19.9 Å². The second-order valence-corrected chi connectivity index (χ2v) is 4.41. The van der Waals surface area contributed by atoms with Gasteiger partial charge in [-0.2, -0.15) is 5.10 Å². The molecule has 100 valence electrons. The van der Waals surface area contributed by atoms with E-state index in [2.05, 4.69) is 15.5 Å². The lowest BCUT2D eigenvalue weighted by Gasteiger charge is -2.14. The van der Waals surface area contributed by atoms with Gasteiger partial charge in [0.2, 0.25) is 0 Å². The summed E-state index contributed by atoms with van der Waals surface area (Å²) in [7, 11) is 0. The van der Waals surface area contributed by atoms with E-state index in [4.69, 9.17) is 5.73 Å². The Balaban J connectivity index is 2.10. The van der Waals surface area contributed by atoms with Crippen LogP contribution in [0.15, 0.2) is 24.3 Å². The Kier molecular flexibility index (Phi) is 3.50. The maximum Gasteiger partial charge on any atom is 0.269 e. The van der Waals surface area contributed by atoms with Gasteiger partial charge in [0.05, 0.1) is 6.04 Å². The Bertz CT molecular complexity index is 608. The van der Waals surface area contributed by atoms with E-state index in [0.717, 1.165) is 0 Å². The number of nitrogen functional groups attached to an aromatic ring is 1. The molecule has 2 aromatic rings. The van der Waals surface area contributed by atoms with Gasteiger partial charge in [-0.05, 0) is 31.0 Å². The summed E-state index contributed by atoms with van der Waals surface area (Å²) in [5.41, 5.74) is 6.97. The molecule has 1 aromatic carbocycles. The number of hydrogen-bond acceptors (Lipinski definition) is 3. The predicted octanol–water partition coefficient (Wildman–Crippen LogP) is 1.93. The number of amides is 1. The number of anilines is 1. The molecule has 0 bridgehead atoms. The first-order valence-electron chi connectivity index (χ1n) is 5.85. The van der Waals surface area contributed by atoms with E-state index >= 15 is 0 Å². The lowest BCUT2D eigenvalue weighted by Crippen LogP contribution is -2.27. The molecular weight excluding hydrogens is 247 g/mol. The first-order valence-corrected chi connectivity index (χ1v) is 5.85. The molecular formula is C13H15FN4O. The van der Waals surface area contributed by atoms with Crippen molar-refractivity contribution in [2.24, 2.45) is 0 Å². The highest BCUT2D eigenvalue weighted by Crippen LogP contribution is 2.16. The number of benzene rings is 1. The van der Waals surface area contributed by atoms with Crippen LogP contribution in [-0.4, -0.2) is 16.1 Å². The van der Waals surface area contributed by atoms with Crippen molar-refractivity contribution in [2.75, 3.05) is 5.73 Å². The maximum atomic E-state index is 13.5. The van der Waals surface area contributed by atoms with Gasteiger partial charge in [0.1, 0.15) is 17.3 Å². The van der Waals surface area contributed by atoms with Crippen LogP contribution in [0.2, 0.25) is 0 Å². The van der Waals surface area contributed by atoms with Crippen LogP contribution >= 0.6 is 0 Å². The molecule has 1 atom stereocenters. The van der Waals surface area contributed by atoms with Gasteiger partial charge in [0, 0.05) is 6.07 Å². The summed E-state index contributed by atoms with van der Waals surface area (Å²) >= 11 is 0. The monoisotopic (exact) mass is 262 g/mol. The van der Waals surface area contributed by atoms with Crippen LogP contribution in [-0.2, 0) is 0 Å². The molecule has 2 rings (SSSR count). The minimum atomic E-state index is -0.335. The van der Waals surface area contributed by atoms with E-state index in [1.54, 1.807) is 26.0 Å². The van der Waals surface area contributed by atoms with E-state index < -0.39 is 0 Å². The van der Waals surface area contributed by atoms with Crippen molar-refractivity contribution in [1.29, 1.82) is 0 Å². The largest absolute Gasteiger partial charge is 0.382 e. The molecule has 0 spiro atoms. The summed E-state index contributed by atoms with van der Waals surface area (Å²) in [4.78, 5) is 11.9. The summed E-state index contributed by atoms with van der Waals surface area (Å²) in [6.45, 7) is 3.47. The second kappa shape index (κ2) is 5.09. The fraction of sp³-hybridized carbons (Fsp3) is 0.231. The van der Waals surface area contributed by atoms with Crippen LogP contribution in [0.5, 0.6) is 0 Å². The Labute approximate surface area is 110 Å². The molecule has 1 heterocycles. The van der Waals surface area contributed by atoms with Crippen LogP contribution < -0.4 is 11.1 Å². The molecule has 0 aliphatic rings. The molecule has 5 nitrogen and oxygen atoms in total. The molecule has 0 saturated carbocycles. The fourth-order valence-corrected chi connectivity index (χ4v) is 1.69. The van der Waals surface area contributed by atoms with Gasteiger partial charge in [-0.3, -0.25) is 9.89 Å². The number of carbonyl (C=O) groups excluding carboxylic acids is 1. The SMILES string of the molecule is Cc1ccc(C(C)NC(=O)c2cc(N)n[nH]2)cc1F. The number of halogens is 1. The van der Waals surface area contributed by atoms with Gasteiger partial charge in [-0.25, -0.2) is 4.39 Å². The average molecular weight is 262 g/mol. The van der Waals surface area contributed by atoms with Crippen LogP contribution in [0.3, 0.4) is 0 Å². The zero-order valence-corrected chi connectivity index (χ0v) is 10.7. The molecule has 4 N–H and O–H groups in total. The third-order valence-corrected chi connectivity index (χ3v) is 2.89. The highest BCUT2D eigenvalue weighted by Gasteiger charge is 2.14. The summed E-state index contributed by atoms with van der Waals surface area (Å²) in [5, 5.41) is 8.94. The first-order chi connectivity index (χ1) is 8.97. The van der Waals surface area contributed by atoms with Crippen molar-refractivity contribution < 1.29 is 9.18 Å². The topological polar surface area (TPSA) is 83.8 Å². The van der Waals surface area contributed by atoms with Crippen LogP contribution in [0.1, 0.15) is 34.6 Å². The predicted molar refractivity (Wildman–Crippen MR) is 70.0 cm³/mol. The lowest BCUT2D eigenvalue weighted by molar-refractivity contribution is 0.0934. The number of nitrogens with zero attached hydrogens (tertiary/aromatic N) is 1. The zero-order chi connectivity index (χ0) is 14.0. The van der Waals surface area contributed by atoms with E-state index in [9.17, 15) is 9.18 Å². The van der Waals surface area contributed by atoms with Gasteiger partial charge in [-0.15, -0.1) is 0 Å². The first kappa shape index (κ1) is 13.1. The fourth-order valence-electron chi connectivity index (χ4n) is 1.69. The van der Waals surface area contributed by atoms with E-state index in [1.807, 2.05) is 0 Å². The minimum Gasteiger partial charge on any atom is -0.382 e.